The molecule has 0 aliphatic carbocycles. The molecule has 0 radical (unpaired) electrons. The van der Waals surface area contributed by atoms with E-state index in [1.165, 1.54) is 0 Å². The highest BCUT2D eigenvalue weighted by Crippen LogP contribution is 2.36. The van der Waals surface area contributed by atoms with E-state index in [1.807, 2.05) is 28.8 Å². The second-order valence-electron chi connectivity index (χ2n) is 8.08. The van der Waals surface area contributed by atoms with Crippen LogP contribution in [0.25, 0.3) is 16.8 Å². The molecule has 0 saturated carbocycles. The highest BCUT2D eigenvalue weighted by molar-refractivity contribution is 6.04. The standard InChI is InChI=1S/C24H26N8O/c25-10-14-31-13-3-4-18(31)23-30-20(21-22(26)28-12-15-32(21)23)16-6-8-17(9-7-16)24(33)29-19-5-1-2-11-27-19/h1-2,5-9,11-12,15,18H,3-4,10,13-14,25H2,(H2,26,28)(H,27,29,33)/t18-/m0/s1. The summed E-state index contributed by atoms with van der Waals surface area (Å²) in [4.78, 5) is 28.4. The summed E-state index contributed by atoms with van der Waals surface area (Å²) >= 11 is 0. The first-order valence-corrected chi connectivity index (χ1v) is 11.0. The summed E-state index contributed by atoms with van der Waals surface area (Å²) in [5.74, 6) is 1.65. The lowest BCUT2D eigenvalue weighted by Crippen LogP contribution is -2.30. The number of nitrogens with zero attached hydrogens (tertiary/aromatic N) is 5. The summed E-state index contributed by atoms with van der Waals surface area (Å²) in [6.07, 6.45) is 7.37. The molecule has 1 aromatic carbocycles. The minimum absolute atomic E-state index is 0.181. The zero-order valence-electron chi connectivity index (χ0n) is 18.2. The average molecular weight is 443 g/mol. The molecule has 1 atom stereocenters. The second-order valence-corrected chi connectivity index (χ2v) is 8.08. The molecule has 1 amide bonds. The maximum Gasteiger partial charge on any atom is 0.256 e. The molecule has 0 bridgehead atoms. The molecule has 9 heteroatoms. The highest BCUT2D eigenvalue weighted by Gasteiger charge is 2.30. The summed E-state index contributed by atoms with van der Waals surface area (Å²) in [6.45, 7) is 2.45. The molecular formula is C24H26N8O. The van der Waals surface area contributed by atoms with Crippen LogP contribution in [-0.4, -0.2) is 49.8 Å². The van der Waals surface area contributed by atoms with Gasteiger partial charge >= 0.3 is 0 Å². The van der Waals surface area contributed by atoms with Gasteiger partial charge in [-0.2, -0.15) is 0 Å². The van der Waals surface area contributed by atoms with Crippen LogP contribution < -0.4 is 16.8 Å². The number of benzene rings is 1. The van der Waals surface area contributed by atoms with Crippen LogP contribution in [0, 0.1) is 0 Å². The van der Waals surface area contributed by atoms with Gasteiger partial charge in [0.05, 0.1) is 6.04 Å². The Hall–Kier alpha value is -3.82. The largest absolute Gasteiger partial charge is 0.382 e. The van der Waals surface area contributed by atoms with Crippen molar-refractivity contribution in [3.05, 3.63) is 72.4 Å². The number of anilines is 2. The molecule has 1 fully saturated rings. The Morgan fingerprint density at radius 1 is 1.12 bits per heavy atom. The molecule has 1 saturated heterocycles. The van der Waals surface area contributed by atoms with Gasteiger partial charge in [-0.05, 0) is 43.7 Å². The van der Waals surface area contributed by atoms with Crippen LogP contribution in [0.4, 0.5) is 11.6 Å². The molecule has 5 rings (SSSR count). The number of hydrogen-bond acceptors (Lipinski definition) is 7. The minimum atomic E-state index is -0.222. The van der Waals surface area contributed by atoms with E-state index in [0.717, 1.165) is 48.5 Å². The quantitative estimate of drug-likeness (QED) is 0.419. The van der Waals surface area contributed by atoms with Crippen LogP contribution in [0.2, 0.25) is 0 Å². The molecule has 33 heavy (non-hydrogen) atoms. The molecule has 1 aliphatic rings. The Balaban J connectivity index is 1.49. The topological polar surface area (TPSA) is 127 Å². The van der Waals surface area contributed by atoms with Crippen LogP contribution in [-0.2, 0) is 0 Å². The molecule has 4 aromatic rings. The summed E-state index contributed by atoms with van der Waals surface area (Å²) in [5, 5.41) is 2.80. The number of aromatic nitrogens is 4. The predicted molar refractivity (Wildman–Crippen MR) is 128 cm³/mol. The van der Waals surface area contributed by atoms with Crippen molar-refractivity contribution in [1.82, 2.24) is 24.3 Å². The lowest BCUT2D eigenvalue weighted by molar-refractivity contribution is 0.102. The number of nitrogens with one attached hydrogen (secondary N) is 1. The SMILES string of the molecule is NCCN1CCC[C@H]1c1nc(-c2ccc(C(=O)Nc3ccccn3)cc2)c2c(N)nccn12. The fourth-order valence-electron chi connectivity index (χ4n) is 4.48. The third kappa shape index (κ3) is 4.04. The molecule has 3 aromatic heterocycles. The molecule has 0 unspecified atom stereocenters. The molecular weight excluding hydrogens is 416 g/mol. The molecule has 4 heterocycles. The summed E-state index contributed by atoms with van der Waals surface area (Å²) in [5.41, 5.74) is 15.1. The lowest BCUT2D eigenvalue weighted by atomic mass is 10.1. The third-order valence-corrected chi connectivity index (χ3v) is 6.02. The van der Waals surface area contributed by atoms with Crippen molar-refractivity contribution in [3.8, 4) is 11.3 Å². The molecule has 9 nitrogen and oxygen atoms in total. The van der Waals surface area contributed by atoms with Crippen molar-refractivity contribution in [1.29, 1.82) is 0 Å². The fourth-order valence-corrected chi connectivity index (χ4v) is 4.48. The van der Waals surface area contributed by atoms with Gasteiger partial charge in [-0.15, -0.1) is 0 Å². The first-order chi connectivity index (χ1) is 16.2. The second kappa shape index (κ2) is 8.97. The van der Waals surface area contributed by atoms with Crippen LogP contribution in [0.15, 0.2) is 61.1 Å². The van der Waals surface area contributed by atoms with Crippen LogP contribution >= 0.6 is 0 Å². The number of nitrogen functional groups attached to an aromatic ring is 1. The Labute approximate surface area is 191 Å². The third-order valence-electron chi connectivity index (χ3n) is 6.02. The van der Waals surface area contributed by atoms with Gasteiger partial charge in [0.1, 0.15) is 28.7 Å². The van der Waals surface area contributed by atoms with E-state index in [9.17, 15) is 4.79 Å². The minimum Gasteiger partial charge on any atom is -0.382 e. The Morgan fingerprint density at radius 2 is 1.97 bits per heavy atom. The number of imidazole rings is 1. The van der Waals surface area contributed by atoms with E-state index in [-0.39, 0.29) is 11.9 Å². The van der Waals surface area contributed by atoms with Gasteiger partial charge in [0.2, 0.25) is 0 Å². The smallest absolute Gasteiger partial charge is 0.256 e. The molecule has 0 spiro atoms. The van der Waals surface area contributed by atoms with Crippen molar-refractivity contribution in [3.63, 3.8) is 0 Å². The fraction of sp³-hybridized carbons (Fsp3) is 0.250. The number of carbonyl (C=O) groups is 1. The first-order valence-electron chi connectivity index (χ1n) is 11.0. The van der Waals surface area contributed by atoms with E-state index < -0.39 is 0 Å². The molecule has 5 N–H and O–H groups in total. The summed E-state index contributed by atoms with van der Waals surface area (Å²) in [7, 11) is 0. The summed E-state index contributed by atoms with van der Waals surface area (Å²) in [6, 6.07) is 12.9. The van der Waals surface area contributed by atoms with E-state index in [1.54, 1.807) is 36.7 Å². The van der Waals surface area contributed by atoms with Crippen molar-refractivity contribution in [2.75, 3.05) is 30.7 Å². The molecule has 168 valence electrons. The van der Waals surface area contributed by atoms with Gasteiger partial charge < -0.3 is 16.8 Å². The van der Waals surface area contributed by atoms with E-state index in [4.69, 9.17) is 16.5 Å². The van der Waals surface area contributed by atoms with Crippen molar-refractivity contribution >= 4 is 23.1 Å². The van der Waals surface area contributed by atoms with Gasteiger partial charge in [-0.3, -0.25) is 14.1 Å². The van der Waals surface area contributed by atoms with Gasteiger partial charge in [-0.1, -0.05) is 18.2 Å². The van der Waals surface area contributed by atoms with Crippen LogP contribution in [0.3, 0.4) is 0 Å². The zero-order chi connectivity index (χ0) is 22.8. The zero-order valence-corrected chi connectivity index (χ0v) is 18.2. The number of likely N-dealkylation sites (tertiary alicyclic amines) is 1. The van der Waals surface area contributed by atoms with Crippen molar-refractivity contribution < 1.29 is 4.79 Å². The number of carbonyl (C=O) groups excluding carboxylic acids is 1. The Morgan fingerprint density at radius 3 is 2.73 bits per heavy atom. The Kier molecular flexibility index (Phi) is 5.72. The van der Waals surface area contributed by atoms with Crippen molar-refractivity contribution in [2.45, 2.75) is 18.9 Å². The van der Waals surface area contributed by atoms with Gasteiger partial charge in [0, 0.05) is 42.8 Å². The number of nitrogens with two attached hydrogens (primary N) is 2. The Bertz CT molecular complexity index is 1270. The van der Waals surface area contributed by atoms with Gasteiger partial charge in [-0.25, -0.2) is 15.0 Å². The number of amides is 1. The van der Waals surface area contributed by atoms with Crippen molar-refractivity contribution in [2.24, 2.45) is 5.73 Å². The average Bonchev–Trinajstić information content (AvgIpc) is 3.45. The monoisotopic (exact) mass is 442 g/mol. The van der Waals surface area contributed by atoms with Crippen LogP contribution in [0.5, 0.6) is 0 Å². The maximum atomic E-state index is 12.6. The van der Waals surface area contributed by atoms with Gasteiger partial charge in [0.25, 0.3) is 5.91 Å². The number of fused-ring (bicyclic) bond motifs is 1. The number of hydrogen-bond donors (Lipinski definition) is 3. The van der Waals surface area contributed by atoms with Crippen LogP contribution in [0.1, 0.15) is 35.1 Å². The van der Waals surface area contributed by atoms with E-state index in [0.29, 0.717) is 23.7 Å². The summed E-state index contributed by atoms with van der Waals surface area (Å²) < 4.78 is 2.04. The predicted octanol–water partition coefficient (Wildman–Crippen LogP) is 2.72. The lowest BCUT2D eigenvalue weighted by Gasteiger charge is -2.22. The number of rotatable bonds is 6. The molecule has 1 aliphatic heterocycles. The van der Waals surface area contributed by atoms with E-state index >= 15 is 0 Å². The first kappa shape index (κ1) is 21.0. The maximum absolute atomic E-state index is 12.6. The normalized spacial score (nSPS) is 16.3. The number of pyridine rings is 1. The highest BCUT2D eigenvalue weighted by atomic mass is 16.1. The van der Waals surface area contributed by atoms with Gasteiger partial charge in [0.15, 0.2) is 0 Å². The van der Waals surface area contributed by atoms with E-state index in [2.05, 4.69) is 20.2 Å².